The lowest BCUT2D eigenvalue weighted by molar-refractivity contribution is -0.137. The summed E-state index contributed by atoms with van der Waals surface area (Å²) in [5.74, 6) is 0.257. The van der Waals surface area contributed by atoms with Crippen LogP contribution < -0.4 is 4.74 Å². The first-order valence-electron chi connectivity index (χ1n) is 9.63. The van der Waals surface area contributed by atoms with Crippen LogP contribution in [0.2, 0.25) is 0 Å². The Labute approximate surface area is 168 Å². The maximum Gasteiger partial charge on any atom is 0.416 e. The topological polar surface area (TPSA) is 12.5 Å². The van der Waals surface area contributed by atoms with Gasteiger partial charge in [0.1, 0.15) is 11.9 Å². The molecule has 4 rings (SSSR count). The van der Waals surface area contributed by atoms with Crippen molar-refractivity contribution in [3.05, 3.63) is 102 Å². The predicted octanol–water partition coefficient (Wildman–Crippen LogP) is 5.95. The summed E-state index contributed by atoms with van der Waals surface area (Å²) >= 11 is 0. The second kappa shape index (κ2) is 7.91. The summed E-state index contributed by atoms with van der Waals surface area (Å²) in [6.07, 6.45) is -4.53. The molecule has 0 aliphatic carbocycles. The van der Waals surface area contributed by atoms with Crippen molar-refractivity contribution >= 4 is 0 Å². The Morgan fingerprint density at radius 2 is 1.45 bits per heavy atom. The van der Waals surface area contributed by atoms with Crippen molar-refractivity contribution in [1.82, 2.24) is 4.90 Å². The monoisotopic (exact) mass is 397 g/mol. The van der Waals surface area contributed by atoms with Gasteiger partial charge in [-0.2, -0.15) is 13.2 Å². The minimum Gasteiger partial charge on any atom is -0.487 e. The normalized spacial score (nSPS) is 19.8. The van der Waals surface area contributed by atoms with E-state index in [1.807, 2.05) is 36.4 Å². The average Bonchev–Trinajstić information content (AvgIpc) is 2.74. The fraction of sp³-hybridized carbons (Fsp3) is 0.250. The van der Waals surface area contributed by atoms with Crippen molar-refractivity contribution in [2.75, 3.05) is 6.54 Å². The fourth-order valence-corrected chi connectivity index (χ4v) is 3.85. The largest absolute Gasteiger partial charge is 0.487 e. The van der Waals surface area contributed by atoms with E-state index in [0.717, 1.165) is 12.1 Å². The molecule has 0 spiro atoms. The molecular formula is C24H22F3NO. The summed E-state index contributed by atoms with van der Waals surface area (Å²) in [6, 6.07) is 25.7. The van der Waals surface area contributed by atoms with Gasteiger partial charge in [-0.25, -0.2) is 0 Å². The van der Waals surface area contributed by atoms with Crippen LogP contribution in [0.1, 0.15) is 29.7 Å². The number of alkyl halides is 3. The van der Waals surface area contributed by atoms with Crippen molar-refractivity contribution < 1.29 is 17.9 Å². The molecule has 0 unspecified atom stereocenters. The van der Waals surface area contributed by atoms with Crippen molar-refractivity contribution in [2.45, 2.75) is 31.3 Å². The zero-order valence-electron chi connectivity index (χ0n) is 16.0. The van der Waals surface area contributed by atoms with E-state index in [1.165, 1.54) is 17.2 Å². The Balaban J connectivity index is 1.52. The number of nitrogens with zero attached hydrogens (tertiary/aromatic N) is 1. The summed E-state index contributed by atoms with van der Waals surface area (Å²) < 4.78 is 44.8. The highest BCUT2D eigenvalue weighted by molar-refractivity contribution is 5.34. The molecule has 3 aromatic carbocycles. The van der Waals surface area contributed by atoms with Gasteiger partial charge in [-0.15, -0.1) is 0 Å². The summed E-state index contributed by atoms with van der Waals surface area (Å²) in [5, 5.41) is 0. The molecule has 1 aliphatic rings. The first-order valence-corrected chi connectivity index (χ1v) is 9.63. The molecule has 5 heteroatoms. The van der Waals surface area contributed by atoms with Crippen molar-refractivity contribution in [3.63, 3.8) is 0 Å². The molecule has 2 nitrogen and oxygen atoms in total. The van der Waals surface area contributed by atoms with E-state index in [9.17, 15) is 13.2 Å². The number of likely N-dealkylation sites (tertiary alicyclic amines) is 1. The molecule has 150 valence electrons. The molecular weight excluding hydrogens is 375 g/mol. The Morgan fingerprint density at radius 3 is 1.97 bits per heavy atom. The first-order chi connectivity index (χ1) is 13.9. The van der Waals surface area contributed by atoms with Gasteiger partial charge in [-0.1, -0.05) is 66.7 Å². The molecule has 0 saturated carbocycles. The molecule has 1 heterocycles. The molecule has 0 bridgehead atoms. The van der Waals surface area contributed by atoms with Crippen LogP contribution in [0.4, 0.5) is 13.2 Å². The minimum absolute atomic E-state index is 0.0648. The zero-order valence-corrected chi connectivity index (χ0v) is 16.0. The van der Waals surface area contributed by atoms with E-state index in [2.05, 4.69) is 36.1 Å². The van der Waals surface area contributed by atoms with Gasteiger partial charge in [0.25, 0.3) is 0 Å². The maximum atomic E-state index is 13.0. The van der Waals surface area contributed by atoms with E-state index in [4.69, 9.17) is 4.74 Å². The van der Waals surface area contributed by atoms with Crippen molar-refractivity contribution in [1.29, 1.82) is 0 Å². The van der Waals surface area contributed by atoms with Gasteiger partial charge in [0, 0.05) is 12.6 Å². The number of hydrogen-bond donors (Lipinski definition) is 0. The zero-order chi connectivity index (χ0) is 20.4. The first kappa shape index (κ1) is 19.5. The van der Waals surface area contributed by atoms with E-state index in [1.54, 1.807) is 6.07 Å². The molecule has 0 aromatic heterocycles. The van der Waals surface area contributed by atoms with E-state index < -0.39 is 11.7 Å². The SMILES string of the molecule is C[C@@H]1[C@@H](Oc2cccc(C(F)(F)F)c2)CN1C(c1ccccc1)c1ccccc1. The van der Waals surface area contributed by atoms with Crippen molar-refractivity contribution in [3.8, 4) is 5.75 Å². The molecule has 0 amide bonds. The molecule has 0 N–H and O–H groups in total. The smallest absolute Gasteiger partial charge is 0.416 e. The van der Waals surface area contributed by atoms with Crippen LogP contribution in [-0.2, 0) is 6.18 Å². The second-order valence-corrected chi connectivity index (χ2v) is 7.34. The highest BCUT2D eigenvalue weighted by atomic mass is 19.4. The van der Waals surface area contributed by atoms with Gasteiger partial charge in [0.2, 0.25) is 0 Å². The second-order valence-electron chi connectivity index (χ2n) is 7.34. The van der Waals surface area contributed by atoms with Gasteiger partial charge in [-0.3, -0.25) is 4.90 Å². The minimum atomic E-state index is -4.37. The van der Waals surface area contributed by atoms with Crippen LogP contribution in [-0.4, -0.2) is 23.6 Å². The molecule has 1 aliphatic heterocycles. The van der Waals surface area contributed by atoms with E-state index in [0.29, 0.717) is 6.54 Å². The molecule has 1 fully saturated rings. The highest BCUT2D eigenvalue weighted by Crippen LogP contribution is 2.38. The summed E-state index contributed by atoms with van der Waals surface area (Å²) in [4.78, 5) is 2.32. The van der Waals surface area contributed by atoms with E-state index >= 15 is 0 Å². The van der Waals surface area contributed by atoms with Gasteiger partial charge in [-0.05, 0) is 36.2 Å². The Kier molecular flexibility index (Phi) is 5.33. The summed E-state index contributed by atoms with van der Waals surface area (Å²) in [5.41, 5.74) is 1.68. The molecule has 0 radical (unpaired) electrons. The van der Waals surface area contributed by atoms with Gasteiger partial charge < -0.3 is 4.74 Å². The third-order valence-corrected chi connectivity index (χ3v) is 5.46. The Bertz CT molecular complexity index is 904. The van der Waals surface area contributed by atoms with E-state index in [-0.39, 0.29) is 23.9 Å². The highest BCUT2D eigenvalue weighted by Gasteiger charge is 2.42. The quantitative estimate of drug-likeness (QED) is 0.528. The lowest BCUT2D eigenvalue weighted by atomic mass is 9.89. The van der Waals surface area contributed by atoms with Crippen LogP contribution in [0.25, 0.3) is 0 Å². The number of ether oxygens (including phenoxy) is 1. The van der Waals surface area contributed by atoms with Crippen molar-refractivity contribution in [2.24, 2.45) is 0 Å². The number of rotatable bonds is 5. The summed E-state index contributed by atoms with van der Waals surface area (Å²) in [6.45, 7) is 2.70. The van der Waals surface area contributed by atoms with Crippen LogP contribution in [0.15, 0.2) is 84.9 Å². The lowest BCUT2D eigenvalue weighted by Crippen LogP contribution is -2.62. The maximum absolute atomic E-state index is 13.0. The molecule has 3 aromatic rings. The molecule has 29 heavy (non-hydrogen) atoms. The van der Waals surface area contributed by atoms with Crippen LogP contribution >= 0.6 is 0 Å². The number of benzene rings is 3. The molecule has 2 atom stereocenters. The third kappa shape index (κ3) is 4.15. The van der Waals surface area contributed by atoms with Crippen LogP contribution in [0, 0.1) is 0 Å². The van der Waals surface area contributed by atoms with Gasteiger partial charge in [0.15, 0.2) is 0 Å². The van der Waals surface area contributed by atoms with Gasteiger partial charge >= 0.3 is 6.18 Å². The Hall–Kier alpha value is -2.79. The van der Waals surface area contributed by atoms with Gasteiger partial charge in [0.05, 0.1) is 11.6 Å². The fourth-order valence-electron chi connectivity index (χ4n) is 3.85. The third-order valence-electron chi connectivity index (χ3n) is 5.46. The van der Waals surface area contributed by atoms with Crippen LogP contribution in [0.5, 0.6) is 5.75 Å². The molecule has 1 saturated heterocycles. The average molecular weight is 397 g/mol. The number of halogens is 3. The predicted molar refractivity (Wildman–Crippen MR) is 107 cm³/mol. The lowest BCUT2D eigenvalue weighted by Gasteiger charge is -2.50. The summed E-state index contributed by atoms with van der Waals surface area (Å²) in [7, 11) is 0. The number of hydrogen-bond acceptors (Lipinski definition) is 2. The standard InChI is InChI=1S/C24H22F3NO/c1-17-22(29-21-14-8-13-20(15-21)24(25,26)27)16-28(17)23(18-9-4-2-5-10-18)19-11-6-3-7-12-19/h2-15,17,22-23H,16H2,1H3/t17-,22+/m1/s1. The Morgan fingerprint density at radius 1 is 0.862 bits per heavy atom. The van der Waals surface area contributed by atoms with Crippen LogP contribution in [0.3, 0.4) is 0 Å².